The molecule has 0 saturated carbocycles. The van der Waals surface area contributed by atoms with Crippen LogP contribution in [0, 0.1) is 0 Å². The summed E-state index contributed by atoms with van der Waals surface area (Å²) in [5.74, 6) is 0.735. The zero-order chi connectivity index (χ0) is 17.1. The van der Waals surface area contributed by atoms with Gasteiger partial charge in [-0.2, -0.15) is 0 Å². The van der Waals surface area contributed by atoms with E-state index in [1.807, 2.05) is 29.2 Å². The van der Waals surface area contributed by atoms with Gasteiger partial charge in [0.1, 0.15) is 10.8 Å². The van der Waals surface area contributed by atoms with Gasteiger partial charge in [-0.1, -0.05) is 12.1 Å². The molecule has 1 saturated heterocycles. The molecule has 1 fully saturated rings. The lowest BCUT2D eigenvalue weighted by Gasteiger charge is -2.33. The van der Waals surface area contributed by atoms with Gasteiger partial charge in [0.05, 0.1) is 23.0 Å². The van der Waals surface area contributed by atoms with Crippen molar-refractivity contribution in [2.75, 3.05) is 26.2 Å². The number of aromatic nitrogens is 1. The summed E-state index contributed by atoms with van der Waals surface area (Å²) in [6.07, 6.45) is 4.91. The Hall–Kier alpha value is -2.44. The first-order chi connectivity index (χ1) is 12.3. The van der Waals surface area contributed by atoms with E-state index >= 15 is 0 Å². The van der Waals surface area contributed by atoms with Gasteiger partial charge in [0.2, 0.25) is 5.91 Å². The number of hydrogen-bond donors (Lipinski definition) is 0. The third-order valence-corrected chi connectivity index (χ3v) is 5.34. The van der Waals surface area contributed by atoms with Crippen LogP contribution in [0.25, 0.3) is 16.3 Å². The van der Waals surface area contributed by atoms with E-state index in [4.69, 9.17) is 9.40 Å². The molecule has 0 aliphatic carbocycles. The Labute approximate surface area is 150 Å². The minimum atomic E-state index is 0.0380. The quantitative estimate of drug-likeness (QED) is 0.676. The molecule has 1 aromatic carbocycles. The number of benzene rings is 1. The highest BCUT2D eigenvalue weighted by atomic mass is 32.1. The molecule has 25 heavy (non-hydrogen) atoms. The lowest BCUT2D eigenvalue weighted by molar-refractivity contribution is -0.127. The molecule has 0 N–H and O–H groups in total. The molecular formula is C19H19N3O2S. The summed E-state index contributed by atoms with van der Waals surface area (Å²) in [6, 6.07) is 11.9. The van der Waals surface area contributed by atoms with Gasteiger partial charge < -0.3 is 9.32 Å². The number of nitrogens with zero attached hydrogens (tertiary/aromatic N) is 3. The Morgan fingerprint density at radius 1 is 1.16 bits per heavy atom. The smallest absolute Gasteiger partial charge is 0.246 e. The van der Waals surface area contributed by atoms with E-state index in [1.165, 1.54) is 4.70 Å². The minimum Gasteiger partial charge on any atom is -0.465 e. The molecule has 1 amide bonds. The Morgan fingerprint density at radius 2 is 2.00 bits per heavy atom. The van der Waals surface area contributed by atoms with Crippen molar-refractivity contribution in [1.82, 2.24) is 14.8 Å². The predicted molar refractivity (Wildman–Crippen MR) is 99.2 cm³/mol. The summed E-state index contributed by atoms with van der Waals surface area (Å²) in [5, 5.41) is 1.14. The molecule has 0 unspecified atom stereocenters. The molecule has 3 aromatic rings. The largest absolute Gasteiger partial charge is 0.465 e. The summed E-state index contributed by atoms with van der Waals surface area (Å²) in [4.78, 5) is 21.2. The lowest BCUT2D eigenvalue weighted by Crippen LogP contribution is -2.47. The van der Waals surface area contributed by atoms with E-state index in [9.17, 15) is 4.79 Å². The summed E-state index contributed by atoms with van der Waals surface area (Å²) in [5.41, 5.74) is 1.07. The van der Waals surface area contributed by atoms with Crippen molar-refractivity contribution < 1.29 is 9.21 Å². The molecule has 0 atom stereocenters. The van der Waals surface area contributed by atoms with E-state index in [-0.39, 0.29) is 5.91 Å². The highest BCUT2D eigenvalue weighted by Crippen LogP contribution is 2.23. The van der Waals surface area contributed by atoms with Gasteiger partial charge in [0.15, 0.2) is 0 Å². The predicted octanol–water partition coefficient (Wildman–Crippen LogP) is 3.25. The first-order valence-corrected chi connectivity index (χ1v) is 9.17. The standard InChI is InChI=1S/C19H19N3O2S/c23-19(8-7-15-4-3-13-24-15)22-11-9-21(10-12-22)14-18-20-16-5-1-2-6-17(16)25-18/h1-8,13H,9-12,14H2/b8-7+. The second kappa shape index (κ2) is 7.21. The molecule has 6 heteroatoms. The third-order valence-electron chi connectivity index (χ3n) is 4.31. The molecule has 0 spiro atoms. The highest BCUT2D eigenvalue weighted by molar-refractivity contribution is 7.18. The van der Waals surface area contributed by atoms with E-state index in [1.54, 1.807) is 29.8 Å². The topological polar surface area (TPSA) is 49.6 Å². The van der Waals surface area contributed by atoms with Gasteiger partial charge in [0.25, 0.3) is 0 Å². The van der Waals surface area contributed by atoms with Crippen molar-refractivity contribution in [2.45, 2.75) is 6.54 Å². The second-order valence-electron chi connectivity index (χ2n) is 6.03. The van der Waals surface area contributed by atoms with Crippen molar-refractivity contribution in [2.24, 2.45) is 0 Å². The monoisotopic (exact) mass is 353 g/mol. The van der Waals surface area contributed by atoms with Crippen LogP contribution in [0.3, 0.4) is 0 Å². The first kappa shape index (κ1) is 16.1. The van der Waals surface area contributed by atoms with Gasteiger partial charge in [-0.15, -0.1) is 11.3 Å². The number of carbonyl (C=O) groups is 1. The number of fused-ring (bicyclic) bond motifs is 1. The van der Waals surface area contributed by atoms with Crippen LogP contribution in [0.4, 0.5) is 0 Å². The summed E-state index contributed by atoms with van der Waals surface area (Å²) in [6.45, 7) is 4.08. The highest BCUT2D eigenvalue weighted by Gasteiger charge is 2.20. The number of rotatable bonds is 4. The number of para-hydroxylation sites is 1. The van der Waals surface area contributed by atoms with Crippen molar-refractivity contribution in [3.63, 3.8) is 0 Å². The maximum Gasteiger partial charge on any atom is 0.246 e. The molecular weight excluding hydrogens is 334 g/mol. The van der Waals surface area contributed by atoms with E-state index in [0.717, 1.165) is 43.2 Å². The maximum atomic E-state index is 12.2. The third kappa shape index (κ3) is 3.81. The van der Waals surface area contributed by atoms with E-state index in [2.05, 4.69) is 17.0 Å². The zero-order valence-electron chi connectivity index (χ0n) is 13.8. The van der Waals surface area contributed by atoms with Crippen molar-refractivity contribution in [1.29, 1.82) is 0 Å². The van der Waals surface area contributed by atoms with Crippen molar-refractivity contribution in [3.05, 3.63) is 59.5 Å². The molecule has 2 aromatic heterocycles. The molecule has 128 valence electrons. The molecule has 0 bridgehead atoms. The normalized spacial score (nSPS) is 16.1. The van der Waals surface area contributed by atoms with Crippen LogP contribution in [0.2, 0.25) is 0 Å². The van der Waals surface area contributed by atoms with Gasteiger partial charge in [-0.3, -0.25) is 9.69 Å². The van der Waals surface area contributed by atoms with Crippen LogP contribution < -0.4 is 0 Å². The maximum absolute atomic E-state index is 12.2. The number of hydrogen-bond acceptors (Lipinski definition) is 5. The SMILES string of the molecule is O=C(/C=C/c1ccco1)N1CCN(Cc2nc3ccccc3s2)CC1. The van der Waals surface area contributed by atoms with Crippen LogP contribution in [0.1, 0.15) is 10.8 Å². The molecule has 1 aliphatic rings. The van der Waals surface area contributed by atoms with Gasteiger partial charge >= 0.3 is 0 Å². The number of piperazine rings is 1. The average molecular weight is 353 g/mol. The van der Waals surface area contributed by atoms with Crippen LogP contribution in [0.5, 0.6) is 0 Å². The Kier molecular flexibility index (Phi) is 4.63. The Balaban J connectivity index is 1.31. The molecule has 0 radical (unpaired) electrons. The zero-order valence-corrected chi connectivity index (χ0v) is 14.6. The van der Waals surface area contributed by atoms with Crippen LogP contribution in [-0.4, -0.2) is 46.9 Å². The minimum absolute atomic E-state index is 0.0380. The molecule has 5 nitrogen and oxygen atoms in total. The number of carbonyl (C=O) groups excluding carboxylic acids is 1. The fraction of sp³-hybridized carbons (Fsp3) is 0.263. The van der Waals surface area contributed by atoms with Crippen LogP contribution in [0.15, 0.2) is 53.2 Å². The van der Waals surface area contributed by atoms with Gasteiger partial charge in [-0.25, -0.2) is 4.98 Å². The van der Waals surface area contributed by atoms with E-state index < -0.39 is 0 Å². The Morgan fingerprint density at radius 3 is 2.76 bits per heavy atom. The van der Waals surface area contributed by atoms with Gasteiger partial charge in [-0.05, 0) is 30.3 Å². The fourth-order valence-corrected chi connectivity index (χ4v) is 3.96. The number of amides is 1. The number of thiazole rings is 1. The average Bonchev–Trinajstić information content (AvgIpc) is 3.29. The molecule has 4 rings (SSSR count). The second-order valence-corrected chi connectivity index (χ2v) is 7.14. The Bertz CT molecular complexity index is 844. The lowest BCUT2D eigenvalue weighted by atomic mass is 10.3. The van der Waals surface area contributed by atoms with Crippen LogP contribution >= 0.6 is 11.3 Å². The summed E-state index contributed by atoms with van der Waals surface area (Å²) in [7, 11) is 0. The van der Waals surface area contributed by atoms with Crippen LogP contribution in [-0.2, 0) is 11.3 Å². The fourth-order valence-electron chi connectivity index (χ4n) is 2.95. The first-order valence-electron chi connectivity index (χ1n) is 8.35. The van der Waals surface area contributed by atoms with Crippen molar-refractivity contribution in [3.8, 4) is 0 Å². The summed E-state index contributed by atoms with van der Waals surface area (Å²) >= 11 is 1.75. The van der Waals surface area contributed by atoms with Gasteiger partial charge in [0, 0.05) is 32.3 Å². The summed E-state index contributed by atoms with van der Waals surface area (Å²) < 4.78 is 6.44. The van der Waals surface area contributed by atoms with E-state index in [0.29, 0.717) is 5.76 Å². The van der Waals surface area contributed by atoms with Crippen molar-refractivity contribution >= 4 is 33.5 Å². The molecule has 1 aliphatic heterocycles. The molecule has 3 heterocycles. The number of furan rings is 1.